The molecule has 35 heavy (non-hydrogen) atoms. The highest BCUT2D eigenvalue weighted by Gasteiger charge is 2.42. The zero-order valence-corrected chi connectivity index (χ0v) is 20.5. The van der Waals surface area contributed by atoms with Crippen LogP contribution in [0.5, 0.6) is 0 Å². The minimum Gasteiger partial charge on any atom is -0.390 e. The lowest BCUT2D eigenvalue weighted by atomic mass is 9.94. The number of hydrogen-bond acceptors (Lipinski definition) is 5. The van der Waals surface area contributed by atoms with Gasteiger partial charge >= 0.3 is 5.69 Å². The molecule has 0 aliphatic heterocycles. The van der Waals surface area contributed by atoms with Crippen LogP contribution in [0.4, 0.5) is 14.6 Å². The van der Waals surface area contributed by atoms with Gasteiger partial charge in [0, 0.05) is 28.9 Å². The number of alkyl halides is 2. The lowest BCUT2D eigenvalue weighted by Crippen LogP contribution is -2.28. The summed E-state index contributed by atoms with van der Waals surface area (Å²) >= 11 is 0. The number of aliphatic hydroxyl groups excluding tert-OH is 1. The molecule has 0 radical (unpaired) electrons. The summed E-state index contributed by atoms with van der Waals surface area (Å²) in [4.78, 5) is 13.1. The van der Waals surface area contributed by atoms with Gasteiger partial charge in [0.05, 0.1) is 22.8 Å². The van der Waals surface area contributed by atoms with Crippen molar-refractivity contribution < 1.29 is 13.9 Å². The van der Waals surface area contributed by atoms with Crippen molar-refractivity contribution in [2.75, 3.05) is 11.9 Å². The van der Waals surface area contributed by atoms with Gasteiger partial charge in [-0.1, -0.05) is 18.2 Å². The second kappa shape index (κ2) is 7.84. The summed E-state index contributed by atoms with van der Waals surface area (Å²) in [6.07, 6.45) is 1.90. The van der Waals surface area contributed by atoms with Crippen molar-refractivity contribution in [3.05, 3.63) is 63.2 Å². The molecule has 9 heteroatoms. The molecule has 1 fully saturated rings. The van der Waals surface area contributed by atoms with E-state index >= 15 is 0 Å². The van der Waals surface area contributed by atoms with E-state index in [-0.39, 0.29) is 22.8 Å². The van der Waals surface area contributed by atoms with Gasteiger partial charge in [0.2, 0.25) is 0 Å². The third-order valence-corrected chi connectivity index (χ3v) is 7.44. The fourth-order valence-corrected chi connectivity index (χ4v) is 5.03. The number of aliphatic hydroxyl groups is 1. The monoisotopic (exact) mass is 481 g/mol. The molecule has 5 rings (SSSR count). The molecular formula is C26H29F2N5O2. The number of nitrogens with one attached hydrogen (secondary N) is 1. The summed E-state index contributed by atoms with van der Waals surface area (Å²) in [5.74, 6) is -2.81. The van der Waals surface area contributed by atoms with Crippen molar-refractivity contribution in [2.24, 2.45) is 7.05 Å². The van der Waals surface area contributed by atoms with Crippen LogP contribution >= 0.6 is 0 Å². The summed E-state index contributed by atoms with van der Waals surface area (Å²) in [6.45, 7) is 6.22. The Morgan fingerprint density at radius 3 is 2.51 bits per heavy atom. The number of benzene rings is 2. The van der Waals surface area contributed by atoms with Gasteiger partial charge in [-0.15, -0.1) is 5.10 Å². The number of fused-ring (bicyclic) bond motifs is 2. The van der Waals surface area contributed by atoms with Crippen LogP contribution in [0.1, 0.15) is 55.1 Å². The lowest BCUT2D eigenvalue weighted by Gasteiger charge is -2.23. The summed E-state index contributed by atoms with van der Waals surface area (Å²) < 4.78 is 32.1. The Morgan fingerprint density at radius 1 is 1.17 bits per heavy atom. The molecule has 184 valence electrons. The van der Waals surface area contributed by atoms with Crippen LogP contribution in [0.3, 0.4) is 0 Å². The van der Waals surface area contributed by atoms with Crippen LogP contribution in [0.2, 0.25) is 0 Å². The van der Waals surface area contributed by atoms with Crippen molar-refractivity contribution in [1.82, 2.24) is 19.3 Å². The predicted octanol–water partition coefficient (Wildman–Crippen LogP) is 4.67. The van der Waals surface area contributed by atoms with Crippen LogP contribution in [0.25, 0.3) is 21.8 Å². The highest BCUT2D eigenvalue weighted by atomic mass is 19.3. The third kappa shape index (κ3) is 3.60. The molecule has 0 unspecified atom stereocenters. The number of hydrogen-bond donors (Lipinski definition) is 2. The normalized spacial score (nSPS) is 16.1. The Hall–Kier alpha value is -3.33. The summed E-state index contributed by atoms with van der Waals surface area (Å²) in [6, 6.07) is 8.29. The molecule has 0 amide bonds. The van der Waals surface area contributed by atoms with Gasteiger partial charge in [0.15, 0.2) is 5.82 Å². The largest absolute Gasteiger partial charge is 0.390 e. The second-order valence-corrected chi connectivity index (χ2v) is 9.94. The molecule has 4 aromatic rings. The summed E-state index contributed by atoms with van der Waals surface area (Å²) in [5, 5.41) is 22.9. The van der Waals surface area contributed by atoms with Gasteiger partial charge in [0.25, 0.3) is 5.92 Å². The van der Waals surface area contributed by atoms with Crippen LogP contribution in [0.15, 0.2) is 35.1 Å². The van der Waals surface area contributed by atoms with Crippen LogP contribution in [-0.4, -0.2) is 31.0 Å². The van der Waals surface area contributed by atoms with Crippen molar-refractivity contribution >= 4 is 27.6 Å². The van der Waals surface area contributed by atoms with Gasteiger partial charge in [-0.2, -0.15) is 13.9 Å². The van der Waals surface area contributed by atoms with Gasteiger partial charge in [0.1, 0.15) is 6.61 Å². The molecule has 1 aliphatic carbocycles. The molecule has 2 N–H and O–H groups in total. The molecular weight excluding hydrogens is 452 g/mol. The Bertz CT molecular complexity index is 1530. The van der Waals surface area contributed by atoms with Crippen molar-refractivity contribution in [2.45, 2.75) is 58.0 Å². The number of nitrogens with zero attached hydrogens (tertiary/aromatic N) is 4. The van der Waals surface area contributed by atoms with E-state index in [2.05, 4.69) is 22.4 Å². The fraction of sp³-hybridized carbons (Fsp3) is 0.423. The van der Waals surface area contributed by atoms with Crippen LogP contribution < -0.4 is 11.0 Å². The highest BCUT2D eigenvalue weighted by molar-refractivity contribution is 6.01. The summed E-state index contributed by atoms with van der Waals surface area (Å²) in [5.41, 5.74) is 3.07. The van der Waals surface area contributed by atoms with E-state index in [1.807, 2.05) is 30.5 Å². The maximum Gasteiger partial charge on any atom is 0.329 e. The van der Waals surface area contributed by atoms with E-state index in [9.17, 15) is 13.6 Å². The van der Waals surface area contributed by atoms with Crippen molar-refractivity contribution in [3.63, 3.8) is 0 Å². The first-order chi connectivity index (χ1) is 16.5. The van der Waals surface area contributed by atoms with E-state index in [4.69, 9.17) is 5.11 Å². The van der Waals surface area contributed by atoms with Crippen LogP contribution in [-0.2, 0) is 18.5 Å². The zero-order valence-electron chi connectivity index (χ0n) is 20.5. The number of rotatable bonds is 6. The molecule has 1 aliphatic rings. The first kappa shape index (κ1) is 23.4. The quantitative estimate of drug-likeness (QED) is 0.418. The number of aromatic nitrogens is 4. The molecule has 0 saturated heterocycles. The average molecular weight is 482 g/mol. The average Bonchev–Trinajstić information content (AvgIpc) is 3.51. The lowest BCUT2D eigenvalue weighted by molar-refractivity contribution is -0.0561. The smallest absolute Gasteiger partial charge is 0.329 e. The SMILES string of the molecule is Cc1c([C@@H](C)Nc2nnc(C)c3cc4c(cc23)n(C2(C)CC2)c(=O)n4C)cccc1C(F)(F)CO. The Kier molecular flexibility index (Phi) is 5.25. The van der Waals surface area contributed by atoms with E-state index in [0.29, 0.717) is 16.9 Å². The molecule has 2 aromatic heterocycles. The molecule has 2 aromatic carbocycles. The number of imidazole rings is 1. The van der Waals surface area contributed by atoms with Gasteiger partial charge in [-0.25, -0.2) is 4.79 Å². The molecule has 2 heterocycles. The Balaban J connectivity index is 1.64. The van der Waals surface area contributed by atoms with E-state index in [1.165, 1.54) is 6.07 Å². The Morgan fingerprint density at radius 2 is 1.86 bits per heavy atom. The fourth-order valence-electron chi connectivity index (χ4n) is 5.03. The maximum atomic E-state index is 14.3. The highest BCUT2D eigenvalue weighted by Crippen LogP contribution is 2.44. The first-order valence-electron chi connectivity index (χ1n) is 11.7. The topological polar surface area (TPSA) is 85.0 Å². The second-order valence-electron chi connectivity index (χ2n) is 9.94. The first-order valence-corrected chi connectivity index (χ1v) is 11.7. The molecule has 1 saturated carbocycles. The van der Waals surface area contributed by atoms with Crippen molar-refractivity contribution in [1.29, 1.82) is 0 Å². The molecule has 0 bridgehead atoms. The van der Waals surface area contributed by atoms with Gasteiger partial charge < -0.3 is 10.4 Å². The predicted molar refractivity (Wildman–Crippen MR) is 132 cm³/mol. The maximum absolute atomic E-state index is 14.3. The molecule has 1 atom stereocenters. The number of aryl methyl sites for hydroxylation is 2. The number of anilines is 1. The van der Waals surface area contributed by atoms with Crippen molar-refractivity contribution in [3.8, 4) is 0 Å². The van der Waals surface area contributed by atoms with Gasteiger partial charge in [-0.3, -0.25) is 9.13 Å². The third-order valence-electron chi connectivity index (χ3n) is 7.44. The van der Waals surface area contributed by atoms with E-state index in [1.54, 1.807) is 30.7 Å². The zero-order chi connectivity index (χ0) is 25.3. The Labute approximate surface area is 201 Å². The van der Waals surface area contributed by atoms with Gasteiger partial charge in [-0.05, 0) is 63.8 Å². The molecule has 7 nitrogen and oxygen atoms in total. The standard InChI is InChI=1S/C26H29F2N5O2/c1-14-17(7-6-8-20(14)26(27,28)13-34)15(2)29-23-19-12-22-21(11-18(19)16(3)30-31-23)32(5)24(35)33(22)25(4)9-10-25/h6-8,11-12,15,34H,9-10,13H2,1-5H3,(H,29,31)/t15-/m1/s1. The number of halogens is 2. The van der Waals surface area contributed by atoms with E-state index in [0.717, 1.165) is 40.3 Å². The molecule has 0 spiro atoms. The van der Waals surface area contributed by atoms with E-state index < -0.39 is 12.5 Å². The minimum absolute atomic E-state index is 0.0472. The minimum atomic E-state index is -3.32. The van der Waals surface area contributed by atoms with Crippen LogP contribution in [0, 0.1) is 13.8 Å². The summed E-state index contributed by atoms with van der Waals surface area (Å²) in [7, 11) is 1.78.